The lowest BCUT2D eigenvalue weighted by molar-refractivity contribution is -0.130. The van der Waals surface area contributed by atoms with Crippen LogP contribution in [0.1, 0.15) is 68.1 Å². The number of nitrogens with zero attached hydrogens (tertiary/aromatic N) is 1. The Bertz CT molecular complexity index is 688. The number of rotatable bonds is 8. The van der Waals surface area contributed by atoms with E-state index in [1.165, 1.54) is 56.4 Å². The Morgan fingerprint density at radius 2 is 1.93 bits per heavy atom. The molecule has 3 rings (SSSR count). The molecular weight excluding hydrogens is 371 g/mol. The van der Waals surface area contributed by atoms with Gasteiger partial charge in [0.25, 0.3) is 5.91 Å². The van der Waals surface area contributed by atoms with Gasteiger partial charge in [0.1, 0.15) is 5.82 Å². The van der Waals surface area contributed by atoms with Crippen molar-refractivity contribution in [2.75, 3.05) is 26.8 Å². The van der Waals surface area contributed by atoms with Crippen LogP contribution in [0.2, 0.25) is 0 Å². The number of ether oxygens (including phenoxy) is 1. The highest BCUT2D eigenvalue weighted by Crippen LogP contribution is 2.30. The van der Waals surface area contributed by atoms with Crippen LogP contribution in [-0.4, -0.2) is 49.1 Å². The van der Waals surface area contributed by atoms with Gasteiger partial charge in [-0.05, 0) is 49.4 Å². The number of hydrogen-bond acceptors (Lipinski definition) is 3. The van der Waals surface area contributed by atoms with Gasteiger partial charge in [0.05, 0.1) is 5.54 Å². The van der Waals surface area contributed by atoms with Gasteiger partial charge in [-0.3, -0.25) is 9.59 Å². The van der Waals surface area contributed by atoms with E-state index in [2.05, 4.69) is 5.32 Å². The fourth-order valence-electron chi connectivity index (χ4n) is 4.63. The van der Waals surface area contributed by atoms with Crippen LogP contribution >= 0.6 is 0 Å². The van der Waals surface area contributed by atoms with Gasteiger partial charge in [0.15, 0.2) is 0 Å². The molecule has 6 heteroatoms. The highest BCUT2D eigenvalue weighted by molar-refractivity contribution is 5.94. The Morgan fingerprint density at radius 1 is 1.21 bits per heavy atom. The molecule has 1 unspecified atom stereocenters. The van der Waals surface area contributed by atoms with Crippen molar-refractivity contribution in [3.8, 4) is 0 Å². The van der Waals surface area contributed by atoms with Crippen molar-refractivity contribution in [3.63, 3.8) is 0 Å². The predicted molar refractivity (Wildman–Crippen MR) is 110 cm³/mol. The number of carbonyl (C=O) groups excluding carboxylic acids is 2. The quantitative estimate of drug-likeness (QED) is 0.714. The number of amides is 2. The molecule has 0 aromatic heterocycles. The van der Waals surface area contributed by atoms with E-state index < -0.39 is 5.54 Å². The van der Waals surface area contributed by atoms with Crippen LogP contribution < -0.4 is 5.32 Å². The summed E-state index contributed by atoms with van der Waals surface area (Å²) in [5.41, 5.74) is -0.0765. The van der Waals surface area contributed by atoms with Gasteiger partial charge < -0.3 is 15.0 Å². The summed E-state index contributed by atoms with van der Waals surface area (Å²) in [6.07, 6.45) is 9.32. The maximum atomic E-state index is 13.2. The first kappa shape index (κ1) is 21.8. The van der Waals surface area contributed by atoms with Crippen LogP contribution in [0.5, 0.6) is 0 Å². The monoisotopic (exact) mass is 404 g/mol. The molecule has 2 fully saturated rings. The summed E-state index contributed by atoms with van der Waals surface area (Å²) >= 11 is 0. The first-order valence-electron chi connectivity index (χ1n) is 10.9. The molecule has 1 heterocycles. The maximum absolute atomic E-state index is 13.2. The molecule has 160 valence electrons. The molecule has 1 aliphatic carbocycles. The molecule has 1 atom stereocenters. The van der Waals surface area contributed by atoms with Gasteiger partial charge in [0, 0.05) is 38.8 Å². The molecule has 0 radical (unpaired) electrons. The molecule has 0 bridgehead atoms. The predicted octanol–water partition coefficient (Wildman–Crippen LogP) is 3.92. The van der Waals surface area contributed by atoms with E-state index in [1.807, 2.05) is 4.90 Å². The SMILES string of the molecule is COCCC1(NC(=O)c2ccc(F)cc2)CCN(C(=O)CCC2CCCCC2)C1. The zero-order chi connectivity index (χ0) is 20.7. The first-order valence-corrected chi connectivity index (χ1v) is 10.9. The summed E-state index contributed by atoms with van der Waals surface area (Å²) in [6, 6.07) is 5.53. The van der Waals surface area contributed by atoms with Crippen LogP contribution in [0.25, 0.3) is 0 Å². The Morgan fingerprint density at radius 3 is 2.62 bits per heavy atom. The van der Waals surface area contributed by atoms with E-state index in [4.69, 9.17) is 4.74 Å². The first-order chi connectivity index (χ1) is 14.0. The Hall–Kier alpha value is -1.95. The zero-order valence-electron chi connectivity index (χ0n) is 17.4. The van der Waals surface area contributed by atoms with E-state index in [0.717, 1.165) is 6.42 Å². The van der Waals surface area contributed by atoms with Gasteiger partial charge in [0.2, 0.25) is 5.91 Å². The summed E-state index contributed by atoms with van der Waals surface area (Å²) in [5, 5.41) is 3.12. The number of nitrogens with one attached hydrogen (secondary N) is 1. The van der Waals surface area contributed by atoms with Gasteiger partial charge in [-0.2, -0.15) is 0 Å². The van der Waals surface area contributed by atoms with Crippen molar-refractivity contribution < 1.29 is 18.7 Å². The molecule has 1 aromatic rings. The van der Waals surface area contributed by atoms with E-state index in [9.17, 15) is 14.0 Å². The van der Waals surface area contributed by atoms with E-state index >= 15 is 0 Å². The number of likely N-dealkylation sites (tertiary alicyclic amines) is 1. The summed E-state index contributed by atoms with van der Waals surface area (Å²) in [5.74, 6) is 0.265. The largest absolute Gasteiger partial charge is 0.385 e. The van der Waals surface area contributed by atoms with Crippen molar-refractivity contribution >= 4 is 11.8 Å². The average Bonchev–Trinajstić information content (AvgIpc) is 3.16. The summed E-state index contributed by atoms with van der Waals surface area (Å²) in [4.78, 5) is 27.4. The number of carbonyl (C=O) groups is 2. The smallest absolute Gasteiger partial charge is 0.251 e. The number of hydrogen-bond donors (Lipinski definition) is 1. The Balaban J connectivity index is 1.58. The van der Waals surface area contributed by atoms with Gasteiger partial charge >= 0.3 is 0 Å². The molecule has 2 aliphatic rings. The highest BCUT2D eigenvalue weighted by Gasteiger charge is 2.41. The van der Waals surface area contributed by atoms with Gasteiger partial charge in [-0.25, -0.2) is 4.39 Å². The molecule has 5 nitrogen and oxygen atoms in total. The maximum Gasteiger partial charge on any atom is 0.251 e. The Kier molecular flexibility index (Phi) is 7.64. The summed E-state index contributed by atoms with van der Waals surface area (Å²) in [6.45, 7) is 1.66. The third-order valence-corrected chi connectivity index (χ3v) is 6.47. The fraction of sp³-hybridized carbons (Fsp3) is 0.652. The average molecular weight is 405 g/mol. The zero-order valence-corrected chi connectivity index (χ0v) is 17.4. The lowest BCUT2D eigenvalue weighted by Crippen LogP contribution is -2.51. The topological polar surface area (TPSA) is 58.6 Å². The van der Waals surface area contributed by atoms with Crippen molar-refractivity contribution in [2.45, 2.75) is 63.3 Å². The van der Waals surface area contributed by atoms with E-state index in [1.54, 1.807) is 7.11 Å². The molecule has 1 N–H and O–H groups in total. The van der Waals surface area contributed by atoms with Crippen molar-refractivity contribution in [1.29, 1.82) is 0 Å². The number of methoxy groups -OCH3 is 1. The minimum absolute atomic E-state index is 0.186. The van der Waals surface area contributed by atoms with Gasteiger partial charge in [-0.1, -0.05) is 32.1 Å². The highest BCUT2D eigenvalue weighted by atomic mass is 19.1. The molecule has 1 aliphatic heterocycles. The van der Waals surface area contributed by atoms with E-state index in [0.29, 0.717) is 50.4 Å². The van der Waals surface area contributed by atoms with Crippen molar-refractivity contribution in [2.24, 2.45) is 5.92 Å². The second kappa shape index (κ2) is 10.2. The van der Waals surface area contributed by atoms with Crippen LogP contribution in [0.15, 0.2) is 24.3 Å². The molecule has 1 saturated carbocycles. The summed E-state index contributed by atoms with van der Waals surface area (Å²) in [7, 11) is 1.64. The van der Waals surface area contributed by atoms with Crippen LogP contribution in [0.4, 0.5) is 4.39 Å². The molecule has 2 amide bonds. The number of halogens is 1. The second-order valence-electron chi connectivity index (χ2n) is 8.59. The normalized spacial score (nSPS) is 22.6. The molecule has 1 saturated heterocycles. The molecular formula is C23H33FN2O3. The van der Waals surface area contributed by atoms with Crippen molar-refractivity contribution in [1.82, 2.24) is 10.2 Å². The number of benzene rings is 1. The fourth-order valence-corrected chi connectivity index (χ4v) is 4.63. The van der Waals surface area contributed by atoms with Crippen LogP contribution in [-0.2, 0) is 9.53 Å². The lowest BCUT2D eigenvalue weighted by Gasteiger charge is -2.31. The van der Waals surface area contributed by atoms with Crippen molar-refractivity contribution in [3.05, 3.63) is 35.6 Å². The minimum Gasteiger partial charge on any atom is -0.385 e. The van der Waals surface area contributed by atoms with Crippen LogP contribution in [0.3, 0.4) is 0 Å². The standard InChI is InChI=1S/C23H33FN2O3/c1-29-16-14-23(25-22(28)19-8-10-20(24)11-9-19)13-15-26(17-23)21(27)12-7-18-5-3-2-4-6-18/h8-11,18H,2-7,12-17H2,1H3,(H,25,28). The third kappa shape index (κ3) is 6.01. The van der Waals surface area contributed by atoms with Gasteiger partial charge in [-0.15, -0.1) is 0 Å². The van der Waals surface area contributed by atoms with E-state index in [-0.39, 0.29) is 17.6 Å². The Labute approximate surface area is 173 Å². The third-order valence-electron chi connectivity index (χ3n) is 6.47. The lowest BCUT2D eigenvalue weighted by atomic mass is 9.86. The second-order valence-corrected chi connectivity index (χ2v) is 8.59. The molecule has 0 spiro atoms. The molecule has 29 heavy (non-hydrogen) atoms. The summed E-state index contributed by atoms with van der Waals surface area (Å²) < 4.78 is 18.4. The minimum atomic E-state index is -0.498. The molecule has 1 aromatic carbocycles. The van der Waals surface area contributed by atoms with Crippen LogP contribution in [0, 0.1) is 11.7 Å².